The normalized spacial score (nSPS) is 11.0. The van der Waals surface area contributed by atoms with Gasteiger partial charge in [-0.05, 0) is 36.8 Å². The first-order valence-corrected chi connectivity index (χ1v) is 8.90. The summed E-state index contributed by atoms with van der Waals surface area (Å²) in [6, 6.07) is 9.96. The minimum absolute atomic E-state index is 0.574. The average Bonchev–Trinajstić information content (AvgIpc) is 3.31. The summed E-state index contributed by atoms with van der Waals surface area (Å²) in [7, 11) is 3.92. The maximum atomic E-state index is 4.77. The quantitative estimate of drug-likeness (QED) is 0.571. The van der Waals surface area contributed by atoms with Gasteiger partial charge in [-0.2, -0.15) is 10.3 Å². The van der Waals surface area contributed by atoms with Crippen molar-refractivity contribution in [1.82, 2.24) is 40.4 Å². The Kier molecular flexibility index (Phi) is 4.56. The van der Waals surface area contributed by atoms with Crippen molar-refractivity contribution in [2.24, 2.45) is 7.05 Å². The summed E-state index contributed by atoms with van der Waals surface area (Å²) in [4.78, 5) is 11.2. The number of hydrogen-bond donors (Lipinski definition) is 1. The molecule has 4 aromatic rings. The monoisotopic (exact) mass is 375 g/mol. The number of anilines is 1. The largest absolute Gasteiger partial charge is 0.340 e. The molecule has 1 aromatic carbocycles. The van der Waals surface area contributed by atoms with Crippen LogP contribution >= 0.6 is 0 Å². The predicted octanol–water partition coefficient (Wildman–Crippen LogP) is 2.31. The fourth-order valence-electron chi connectivity index (χ4n) is 3.25. The minimum atomic E-state index is 0.574. The van der Waals surface area contributed by atoms with Crippen molar-refractivity contribution in [3.05, 3.63) is 53.5 Å². The molecule has 0 atom stereocenters. The van der Waals surface area contributed by atoms with Gasteiger partial charge in [-0.25, -0.2) is 9.97 Å². The van der Waals surface area contributed by atoms with E-state index in [-0.39, 0.29) is 0 Å². The van der Waals surface area contributed by atoms with Gasteiger partial charge >= 0.3 is 0 Å². The molecule has 0 aliphatic rings. The van der Waals surface area contributed by atoms with E-state index in [4.69, 9.17) is 4.98 Å². The minimum Gasteiger partial charge on any atom is -0.340 e. The van der Waals surface area contributed by atoms with Gasteiger partial charge in [0.25, 0.3) is 0 Å². The molecule has 28 heavy (non-hydrogen) atoms. The van der Waals surface area contributed by atoms with Crippen molar-refractivity contribution >= 4 is 5.95 Å². The average molecular weight is 375 g/mol. The van der Waals surface area contributed by atoms with Crippen molar-refractivity contribution in [2.75, 3.05) is 11.9 Å². The lowest BCUT2D eigenvalue weighted by Gasteiger charge is -2.18. The molecule has 9 nitrogen and oxygen atoms in total. The molecule has 0 bridgehead atoms. The van der Waals surface area contributed by atoms with Crippen LogP contribution in [0.3, 0.4) is 0 Å². The van der Waals surface area contributed by atoms with Crippen LogP contribution in [0, 0.1) is 13.8 Å². The van der Waals surface area contributed by atoms with Crippen LogP contribution in [0.1, 0.15) is 17.0 Å². The number of hydrogen-bond acceptors (Lipinski definition) is 7. The van der Waals surface area contributed by atoms with Crippen LogP contribution in [-0.4, -0.2) is 47.4 Å². The molecule has 0 unspecified atom stereocenters. The zero-order chi connectivity index (χ0) is 19.7. The summed E-state index contributed by atoms with van der Waals surface area (Å²) in [5.41, 5.74) is 5.99. The molecule has 0 aliphatic carbocycles. The van der Waals surface area contributed by atoms with Gasteiger partial charge in [0.1, 0.15) is 0 Å². The van der Waals surface area contributed by atoms with Gasteiger partial charge in [-0.3, -0.25) is 4.68 Å². The third kappa shape index (κ3) is 3.34. The van der Waals surface area contributed by atoms with E-state index >= 15 is 0 Å². The van der Waals surface area contributed by atoms with E-state index in [1.54, 1.807) is 6.20 Å². The number of rotatable bonds is 5. The third-order valence-electron chi connectivity index (χ3n) is 4.70. The first-order valence-electron chi connectivity index (χ1n) is 8.90. The Bertz CT molecular complexity index is 1100. The highest BCUT2D eigenvalue weighted by molar-refractivity contribution is 5.65. The molecule has 1 N–H and O–H groups in total. The lowest BCUT2D eigenvalue weighted by molar-refractivity contribution is 0.731. The van der Waals surface area contributed by atoms with Crippen molar-refractivity contribution in [1.29, 1.82) is 0 Å². The summed E-state index contributed by atoms with van der Waals surface area (Å²) in [5.74, 6) is 1.23. The van der Waals surface area contributed by atoms with Crippen LogP contribution in [0.5, 0.6) is 0 Å². The Hall–Kier alpha value is -3.62. The Morgan fingerprint density at radius 1 is 1.18 bits per heavy atom. The van der Waals surface area contributed by atoms with Gasteiger partial charge in [-0.15, -0.1) is 10.2 Å². The van der Waals surface area contributed by atoms with Crippen molar-refractivity contribution < 1.29 is 0 Å². The molecular formula is C19H21N9. The van der Waals surface area contributed by atoms with E-state index in [0.29, 0.717) is 18.3 Å². The first-order chi connectivity index (χ1) is 13.5. The predicted molar refractivity (Wildman–Crippen MR) is 105 cm³/mol. The highest BCUT2D eigenvalue weighted by Gasteiger charge is 2.15. The maximum absolute atomic E-state index is 4.77. The fourth-order valence-corrected chi connectivity index (χ4v) is 3.25. The molecule has 0 radical (unpaired) electrons. The molecule has 9 heteroatoms. The molecule has 0 fully saturated rings. The number of H-pyrrole nitrogens is 1. The highest BCUT2D eigenvalue weighted by Crippen LogP contribution is 2.26. The molecule has 0 spiro atoms. The second kappa shape index (κ2) is 7.18. The molecule has 0 saturated heterocycles. The van der Waals surface area contributed by atoms with Crippen molar-refractivity contribution in [3.63, 3.8) is 0 Å². The van der Waals surface area contributed by atoms with Crippen LogP contribution in [0.2, 0.25) is 0 Å². The lowest BCUT2D eigenvalue weighted by Crippen LogP contribution is -2.19. The van der Waals surface area contributed by atoms with Crippen LogP contribution in [-0.2, 0) is 13.6 Å². The fraction of sp³-hybridized carbons (Fsp3) is 0.263. The number of aromatic nitrogens is 8. The van der Waals surface area contributed by atoms with Gasteiger partial charge in [0.2, 0.25) is 11.8 Å². The number of nitrogens with one attached hydrogen (secondary N) is 1. The Labute approximate surface area is 162 Å². The van der Waals surface area contributed by atoms with Crippen molar-refractivity contribution in [3.8, 4) is 22.6 Å². The molecule has 0 aliphatic heterocycles. The van der Waals surface area contributed by atoms with Crippen LogP contribution in [0.4, 0.5) is 5.95 Å². The number of benzene rings is 1. The lowest BCUT2D eigenvalue weighted by atomic mass is 10.1. The Balaban J connectivity index is 1.59. The van der Waals surface area contributed by atoms with E-state index in [9.17, 15) is 0 Å². The van der Waals surface area contributed by atoms with E-state index in [2.05, 4.69) is 36.8 Å². The number of aryl methyl sites for hydroxylation is 2. The standard InChI is InChI=1S/C19H21N9/c1-12-17(13(2)28(4)24-12)16-8-9-20-19(21-16)27(3)11-14-6-5-7-15(10-14)18-22-25-26-23-18/h5-10H,11H2,1-4H3,(H,22,23,25,26). The molecular weight excluding hydrogens is 354 g/mol. The van der Waals surface area contributed by atoms with Crippen molar-refractivity contribution in [2.45, 2.75) is 20.4 Å². The summed E-state index contributed by atoms with van der Waals surface area (Å²) in [5, 5.41) is 18.7. The third-order valence-corrected chi connectivity index (χ3v) is 4.70. The summed E-state index contributed by atoms with van der Waals surface area (Å²) in [6.07, 6.45) is 1.79. The zero-order valence-electron chi connectivity index (χ0n) is 16.2. The van der Waals surface area contributed by atoms with E-state index in [1.807, 2.05) is 61.8 Å². The Morgan fingerprint density at radius 3 is 2.75 bits per heavy atom. The molecule has 3 heterocycles. The summed E-state index contributed by atoms with van der Waals surface area (Å²) >= 11 is 0. The van der Waals surface area contributed by atoms with Gasteiger partial charge < -0.3 is 4.90 Å². The van der Waals surface area contributed by atoms with E-state index in [1.165, 1.54) is 0 Å². The molecule has 0 saturated carbocycles. The van der Waals surface area contributed by atoms with Crippen LogP contribution < -0.4 is 4.90 Å². The second-order valence-corrected chi connectivity index (χ2v) is 6.70. The summed E-state index contributed by atoms with van der Waals surface area (Å²) in [6.45, 7) is 4.70. The summed E-state index contributed by atoms with van der Waals surface area (Å²) < 4.78 is 1.87. The molecule has 3 aromatic heterocycles. The van der Waals surface area contributed by atoms with Gasteiger partial charge in [-0.1, -0.05) is 18.2 Å². The topological polar surface area (TPSA) is 101 Å². The van der Waals surface area contributed by atoms with Crippen LogP contribution in [0.25, 0.3) is 22.6 Å². The second-order valence-electron chi connectivity index (χ2n) is 6.70. The zero-order valence-corrected chi connectivity index (χ0v) is 16.2. The van der Waals surface area contributed by atoms with E-state index < -0.39 is 0 Å². The van der Waals surface area contributed by atoms with Gasteiger partial charge in [0, 0.05) is 43.7 Å². The molecule has 4 rings (SSSR count). The molecule has 142 valence electrons. The Morgan fingerprint density at radius 2 is 2.04 bits per heavy atom. The number of tetrazole rings is 1. The SMILES string of the molecule is Cc1nn(C)c(C)c1-c1ccnc(N(C)Cc2cccc(-c3nn[nH]n3)c2)n1. The van der Waals surface area contributed by atoms with E-state index in [0.717, 1.165) is 33.8 Å². The smallest absolute Gasteiger partial charge is 0.225 e. The first kappa shape index (κ1) is 17.8. The molecule has 0 amide bonds. The van der Waals surface area contributed by atoms with Crippen LogP contribution in [0.15, 0.2) is 36.5 Å². The van der Waals surface area contributed by atoms with Gasteiger partial charge in [0.15, 0.2) is 0 Å². The highest BCUT2D eigenvalue weighted by atomic mass is 15.5. The maximum Gasteiger partial charge on any atom is 0.225 e. The van der Waals surface area contributed by atoms with Gasteiger partial charge in [0.05, 0.1) is 11.4 Å². The number of aromatic amines is 1. The number of nitrogens with zero attached hydrogens (tertiary/aromatic N) is 8.